The van der Waals surface area contributed by atoms with Gasteiger partial charge in [-0.05, 0) is 23.8 Å². The van der Waals surface area contributed by atoms with Crippen molar-refractivity contribution in [2.24, 2.45) is 0 Å². The Morgan fingerprint density at radius 3 is 2.52 bits per heavy atom. The standard InChI is InChI=1S/C14H14BrFN2O2S/c1-18(9-10-5-2-3-6-11(10)15)21(19,20)13-8-4-7-12(16)14(13)17/h2-8H,9,17H2,1H3. The summed E-state index contributed by atoms with van der Waals surface area (Å²) in [5.74, 6) is -0.745. The van der Waals surface area contributed by atoms with E-state index in [0.29, 0.717) is 0 Å². The maximum absolute atomic E-state index is 13.4. The second-order valence-corrected chi connectivity index (χ2v) is 7.37. The van der Waals surface area contributed by atoms with Gasteiger partial charge >= 0.3 is 0 Å². The normalized spacial score (nSPS) is 11.8. The molecule has 0 aliphatic carbocycles. The molecule has 0 saturated heterocycles. The third-order valence-corrected chi connectivity index (χ3v) is 5.69. The molecule has 0 fully saturated rings. The Labute approximate surface area is 131 Å². The zero-order valence-corrected chi connectivity index (χ0v) is 13.7. The molecule has 0 aliphatic heterocycles. The van der Waals surface area contributed by atoms with E-state index in [4.69, 9.17) is 5.73 Å². The van der Waals surface area contributed by atoms with Crippen molar-refractivity contribution in [2.45, 2.75) is 11.4 Å². The maximum Gasteiger partial charge on any atom is 0.245 e. The molecule has 0 atom stereocenters. The number of hydrogen-bond acceptors (Lipinski definition) is 3. The number of para-hydroxylation sites is 1. The molecule has 0 heterocycles. The molecule has 0 unspecified atom stereocenters. The Morgan fingerprint density at radius 1 is 1.19 bits per heavy atom. The fourth-order valence-corrected chi connectivity index (χ4v) is 3.54. The van der Waals surface area contributed by atoms with E-state index in [-0.39, 0.29) is 17.1 Å². The lowest BCUT2D eigenvalue weighted by Gasteiger charge is -2.19. The van der Waals surface area contributed by atoms with E-state index in [2.05, 4.69) is 15.9 Å². The number of hydrogen-bond donors (Lipinski definition) is 1. The molecule has 0 aromatic heterocycles. The van der Waals surface area contributed by atoms with E-state index >= 15 is 0 Å². The molecule has 0 amide bonds. The quantitative estimate of drug-likeness (QED) is 0.839. The largest absolute Gasteiger partial charge is 0.395 e. The minimum Gasteiger partial charge on any atom is -0.395 e. The van der Waals surface area contributed by atoms with Crippen LogP contribution >= 0.6 is 15.9 Å². The van der Waals surface area contributed by atoms with E-state index in [0.717, 1.165) is 20.4 Å². The smallest absolute Gasteiger partial charge is 0.245 e. The van der Waals surface area contributed by atoms with Gasteiger partial charge in [-0.1, -0.05) is 40.2 Å². The molecule has 4 nitrogen and oxygen atoms in total. The van der Waals surface area contributed by atoms with Crippen molar-refractivity contribution in [2.75, 3.05) is 12.8 Å². The predicted molar refractivity (Wildman–Crippen MR) is 83.6 cm³/mol. The molecule has 21 heavy (non-hydrogen) atoms. The number of nitrogens with zero attached hydrogens (tertiary/aromatic N) is 1. The van der Waals surface area contributed by atoms with Crippen LogP contribution in [0.5, 0.6) is 0 Å². The molecule has 2 N–H and O–H groups in total. The third kappa shape index (κ3) is 3.25. The van der Waals surface area contributed by atoms with Crippen LogP contribution in [0.25, 0.3) is 0 Å². The Balaban J connectivity index is 2.36. The summed E-state index contributed by atoms with van der Waals surface area (Å²) >= 11 is 3.37. The number of anilines is 1. The van der Waals surface area contributed by atoms with Crippen molar-refractivity contribution in [3.8, 4) is 0 Å². The number of halogens is 2. The van der Waals surface area contributed by atoms with Gasteiger partial charge in [0.15, 0.2) is 0 Å². The van der Waals surface area contributed by atoms with Gasteiger partial charge in [-0.3, -0.25) is 0 Å². The van der Waals surface area contributed by atoms with E-state index in [1.165, 1.54) is 19.2 Å². The van der Waals surface area contributed by atoms with Crippen LogP contribution in [0.3, 0.4) is 0 Å². The summed E-state index contributed by atoms with van der Waals surface area (Å²) in [5, 5.41) is 0. The monoisotopic (exact) mass is 372 g/mol. The summed E-state index contributed by atoms with van der Waals surface area (Å²) in [6.07, 6.45) is 0. The fourth-order valence-electron chi connectivity index (χ4n) is 1.86. The Morgan fingerprint density at radius 2 is 1.86 bits per heavy atom. The molecular weight excluding hydrogens is 359 g/mol. The SMILES string of the molecule is CN(Cc1ccccc1Br)S(=O)(=O)c1cccc(F)c1N. The van der Waals surface area contributed by atoms with Crippen LogP contribution < -0.4 is 5.73 Å². The molecule has 0 radical (unpaired) electrons. The van der Waals surface area contributed by atoms with Crippen LogP contribution in [0, 0.1) is 5.82 Å². The molecule has 0 bridgehead atoms. The minimum absolute atomic E-state index is 0.152. The Kier molecular flexibility index (Phi) is 4.65. The van der Waals surface area contributed by atoms with Crippen molar-refractivity contribution in [3.05, 3.63) is 58.3 Å². The highest BCUT2D eigenvalue weighted by Crippen LogP contribution is 2.26. The van der Waals surface area contributed by atoms with Crippen LogP contribution in [-0.2, 0) is 16.6 Å². The van der Waals surface area contributed by atoms with Crippen LogP contribution in [0.1, 0.15) is 5.56 Å². The summed E-state index contributed by atoms with van der Waals surface area (Å²) in [6.45, 7) is 0.152. The summed E-state index contributed by atoms with van der Waals surface area (Å²) in [5.41, 5.74) is 5.98. The number of rotatable bonds is 4. The lowest BCUT2D eigenvalue weighted by molar-refractivity contribution is 0.466. The zero-order valence-electron chi connectivity index (χ0n) is 11.3. The van der Waals surface area contributed by atoms with Crippen LogP contribution in [0.15, 0.2) is 51.8 Å². The second kappa shape index (κ2) is 6.13. The second-order valence-electron chi connectivity index (χ2n) is 4.50. The molecule has 0 saturated carbocycles. The molecule has 2 aromatic carbocycles. The number of nitrogens with two attached hydrogens (primary N) is 1. The van der Waals surface area contributed by atoms with Gasteiger partial charge in [0.05, 0.1) is 5.69 Å². The Bertz CT molecular complexity index is 765. The van der Waals surface area contributed by atoms with Crippen LogP contribution in [0.2, 0.25) is 0 Å². The summed E-state index contributed by atoms with van der Waals surface area (Å²) in [4.78, 5) is -0.225. The number of sulfonamides is 1. The average molecular weight is 373 g/mol. The highest BCUT2D eigenvalue weighted by Gasteiger charge is 2.25. The van der Waals surface area contributed by atoms with E-state index in [1.807, 2.05) is 24.3 Å². The minimum atomic E-state index is -3.86. The lowest BCUT2D eigenvalue weighted by Crippen LogP contribution is -2.27. The van der Waals surface area contributed by atoms with Crippen molar-refractivity contribution in [3.63, 3.8) is 0 Å². The fraction of sp³-hybridized carbons (Fsp3) is 0.143. The molecule has 7 heteroatoms. The highest BCUT2D eigenvalue weighted by molar-refractivity contribution is 9.10. The van der Waals surface area contributed by atoms with Crippen molar-refractivity contribution in [1.82, 2.24) is 4.31 Å². The topological polar surface area (TPSA) is 63.4 Å². The van der Waals surface area contributed by atoms with Gasteiger partial charge in [0.2, 0.25) is 10.0 Å². The van der Waals surface area contributed by atoms with Gasteiger partial charge in [0.1, 0.15) is 10.7 Å². The molecule has 0 aliphatic rings. The first-order valence-electron chi connectivity index (χ1n) is 6.08. The number of benzene rings is 2. The van der Waals surface area contributed by atoms with Gasteiger partial charge in [0, 0.05) is 18.1 Å². The molecular formula is C14H14BrFN2O2S. The average Bonchev–Trinajstić information content (AvgIpc) is 2.44. The zero-order chi connectivity index (χ0) is 15.6. The summed E-state index contributed by atoms with van der Waals surface area (Å²) < 4.78 is 40.4. The maximum atomic E-state index is 13.4. The third-order valence-electron chi connectivity index (χ3n) is 3.05. The first kappa shape index (κ1) is 15.9. The molecule has 112 valence electrons. The van der Waals surface area contributed by atoms with Gasteiger partial charge in [-0.25, -0.2) is 12.8 Å². The van der Waals surface area contributed by atoms with Crippen molar-refractivity contribution in [1.29, 1.82) is 0 Å². The van der Waals surface area contributed by atoms with Gasteiger partial charge in [-0.2, -0.15) is 4.31 Å². The Hall–Kier alpha value is -1.44. The van der Waals surface area contributed by atoms with Crippen molar-refractivity contribution >= 4 is 31.6 Å². The highest BCUT2D eigenvalue weighted by atomic mass is 79.9. The first-order valence-corrected chi connectivity index (χ1v) is 8.31. The molecule has 2 rings (SSSR count). The van der Waals surface area contributed by atoms with Crippen molar-refractivity contribution < 1.29 is 12.8 Å². The predicted octanol–water partition coefficient (Wildman–Crippen LogP) is 2.99. The van der Waals surface area contributed by atoms with Gasteiger partial charge in [0.25, 0.3) is 0 Å². The first-order chi connectivity index (χ1) is 9.84. The van der Waals surface area contributed by atoms with Gasteiger partial charge < -0.3 is 5.73 Å². The van der Waals surface area contributed by atoms with E-state index in [1.54, 1.807) is 0 Å². The van der Waals surface area contributed by atoms with Crippen LogP contribution in [-0.4, -0.2) is 19.8 Å². The molecule has 0 spiro atoms. The van der Waals surface area contributed by atoms with Gasteiger partial charge in [-0.15, -0.1) is 0 Å². The number of nitrogen functional groups attached to an aromatic ring is 1. The summed E-state index contributed by atoms with van der Waals surface area (Å²) in [7, 11) is -2.43. The van der Waals surface area contributed by atoms with E-state index in [9.17, 15) is 12.8 Å². The van der Waals surface area contributed by atoms with E-state index < -0.39 is 15.8 Å². The van der Waals surface area contributed by atoms with Crippen LogP contribution in [0.4, 0.5) is 10.1 Å². The summed E-state index contributed by atoms with van der Waals surface area (Å²) in [6, 6.07) is 11.0. The molecule has 2 aromatic rings. The lowest BCUT2D eigenvalue weighted by atomic mass is 10.2.